The minimum absolute atomic E-state index is 0.0424. The van der Waals surface area contributed by atoms with Gasteiger partial charge in [0.15, 0.2) is 0 Å². The normalized spacial score (nSPS) is 14.4. The molecule has 0 spiro atoms. The smallest absolute Gasteiger partial charge is 0.288 e. The molecule has 1 saturated heterocycles. The number of thioether (sulfide) groups is 1. The number of carbonyl (C=O) groups excluding carboxylic acids is 1. The van der Waals surface area contributed by atoms with Gasteiger partial charge in [0, 0.05) is 11.1 Å². The van der Waals surface area contributed by atoms with E-state index >= 15 is 0 Å². The van der Waals surface area contributed by atoms with Gasteiger partial charge in [-0.2, -0.15) is 5.10 Å². The molecule has 0 atom stereocenters. The second-order valence-corrected chi connectivity index (χ2v) is 10.3. The average Bonchev–Trinajstić information content (AvgIpc) is 3.53. The summed E-state index contributed by atoms with van der Waals surface area (Å²) in [6, 6.07) is 40.7. The number of rotatable bonds is 6. The minimum atomic E-state index is -0.0424. The third-order valence-electron chi connectivity index (χ3n) is 6.34. The molecule has 5 aromatic rings. The van der Waals surface area contributed by atoms with E-state index in [-0.39, 0.29) is 5.24 Å². The predicted octanol–water partition coefficient (Wildman–Crippen LogP) is 8.24. The van der Waals surface area contributed by atoms with Gasteiger partial charge in [-0.05, 0) is 47.2 Å². The van der Waals surface area contributed by atoms with Gasteiger partial charge in [0.05, 0.1) is 28.5 Å². The summed E-state index contributed by atoms with van der Waals surface area (Å²) in [5, 5.41) is 4.91. The quantitative estimate of drug-likeness (QED) is 0.164. The first kappa shape index (κ1) is 24.1. The van der Waals surface area contributed by atoms with Crippen LogP contribution in [0.25, 0.3) is 34.3 Å². The molecule has 6 heteroatoms. The molecule has 0 radical (unpaired) electrons. The van der Waals surface area contributed by atoms with Gasteiger partial charge in [-0.15, -0.1) is 0 Å². The van der Waals surface area contributed by atoms with E-state index in [1.54, 1.807) is 4.90 Å². The maximum Gasteiger partial charge on any atom is 0.291 e. The Morgan fingerprint density at radius 3 is 2.03 bits per heavy atom. The van der Waals surface area contributed by atoms with Crippen LogP contribution in [0.4, 0.5) is 4.79 Å². The van der Waals surface area contributed by atoms with Crippen molar-refractivity contribution in [1.29, 1.82) is 0 Å². The molecule has 1 aromatic heterocycles. The van der Waals surface area contributed by atoms with Crippen LogP contribution in [0.15, 0.2) is 126 Å². The highest BCUT2D eigenvalue weighted by Gasteiger charge is 2.31. The second kappa shape index (κ2) is 10.6. The van der Waals surface area contributed by atoms with Crippen molar-refractivity contribution in [3.8, 4) is 28.2 Å². The molecule has 1 aliphatic heterocycles. The number of aromatic nitrogens is 2. The van der Waals surface area contributed by atoms with Gasteiger partial charge in [0.25, 0.3) is 5.24 Å². The number of amides is 1. The molecule has 0 unspecified atom stereocenters. The van der Waals surface area contributed by atoms with Crippen molar-refractivity contribution in [3.63, 3.8) is 0 Å². The lowest BCUT2D eigenvalue weighted by atomic mass is 10.1. The fraction of sp³-hybridized carbons (Fsp3) is 0.0312. The zero-order valence-corrected chi connectivity index (χ0v) is 22.0. The van der Waals surface area contributed by atoms with E-state index in [2.05, 4.69) is 30.3 Å². The molecule has 0 bridgehead atoms. The van der Waals surface area contributed by atoms with E-state index in [0.717, 1.165) is 44.2 Å². The molecule has 38 heavy (non-hydrogen) atoms. The summed E-state index contributed by atoms with van der Waals surface area (Å²) in [4.78, 5) is 15.7. The summed E-state index contributed by atoms with van der Waals surface area (Å²) in [6.45, 7) is 0.479. The SMILES string of the molecule is O=C1S/C(=C\c2ccc(-n3nc(-c4ccccc4)cc3-c3ccccc3)cc2)C(=S)N1Cc1ccccc1. The van der Waals surface area contributed by atoms with Crippen LogP contribution >= 0.6 is 24.0 Å². The Hall–Kier alpha value is -4.26. The average molecular weight is 530 g/mol. The van der Waals surface area contributed by atoms with E-state index in [4.69, 9.17) is 17.3 Å². The maximum atomic E-state index is 12.7. The fourth-order valence-electron chi connectivity index (χ4n) is 4.41. The summed E-state index contributed by atoms with van der Waals surface area (Å²) in [5.74, 6) is 0. The van der Waals surface area contributed by atoms with E-state index in [1.165, 1.54) is 11.8 Å². The van der Waals surface area contributed by atoms with Crippen molar-refractivity contribution in [2.24, 2.45) is 0 Å². The van der Waals surface area contributed by atoms with E-state index in [9.17, 15) is 4.79 Å². The van der Waals surface area contributed by atoms with Crippen LogP contribution in [0.5, 0.6) is 0 Å². The second-order valence-electron chi connectivity index (χ2n) is 8.90. The number of thiocarbonyl (C=S) groups is 1. The maximum absolute atomic E-state index is 12.7. The lowest BCUT2D eigenvalue weighted by Crippen LogP contribution is -2.26. The first-order valence-corrected chi connectivity index (χ1v) is 13.5. The van der Waals surface area contributed by atoms with E-state index < -0.39 is 0 Å². The summed E-state index contributed by atoms with van der Waals surface area (Å²) < 4.78 is 1.98. The minimum Gasteiger partial charge on any atom is -0.288 e. The highest BCUT2D eigenvalue weighted by atomic mass is 32.2. The molecular formula is C32H23N3OS2. The molecule has 6 rings (SSSR count). The van der Waals surface area contributed by atoms with Crippen LogP contribution in [0.2, 0.25) is 0 Å². The molecule has 1 aliphatic rings. The zero-order chi connectivity index (χ0) is 25.9. The summed E-state index contributed by atoms with van der Waals surface area (Å²) in [5.41, 5.74) is 7.09. The van der Waals surface area contributed by atoms with Gasteiger partial charge in [-0.25, -0.2) is 4.68 Å². The zero-order valence-electron chi connectivity index (χ0n) is 20.4. The van der Waals surface area contributed by atoms with Crippen LogP contribution in [0, 0.1) is 0 Å². The largest absolute Gasteiger partial charge is 0.291 e. The third-order valence-corrected chi connectivity index (χ3v) is 7.84. The Morgan fingerprint density at radius 1 is 0.763 bits per heavy atom. The van der Waals surface area contributed by atoms with Gasteiger partial charge < -0.3 is 0 Å². The van der Waals surface area contributed by atoms with Gasteiger partial charge >= 0.3 is 0 Å². The number of benzene rings is 4. The standard InChI is InChI=1S/C32H23N3OS2/c36-32-34(22-24-10-4-1-5-11-24)31(37)30(38-32)20-23-16-18-27(19-17-23)35-29(26-14-8-3-9-15-26)21-28(33-35)25-12-6-2-7-13-25/h1-21H,22H2/b30-20-. The van der Waals surface area contributed by atoms with Crippen LogP contribution < -0.4 is 0 Å². The Morgan fingerprint density at radius 2 is 1.37 bits per heavy atom. The van der Waals surface area contributed by atoms with Crippen LogP contribution in [-0.4, -0.2) is 24.9 Å². The molecule has 0 saturated carbocycles. The first-order chi connectivity index (χ1) is 18.7. The Bertz CT molecular complexity index is 1630. The molecule has 2 heterocycles. The van der Waals surface area contributed by atoms with Gasteiger partial charge in [-0.3, -0.25) is 9.69 Å². The fourth-order valence-corrected chi connectivity index (χ4v) is 5.64. The highest BCUT2D eigenvalue weighted by Crippen LogP contribution is 2.35. The van der Waals surface area contributed by atoms with Crippen LogP contribution in [0.3, 0.4) is 0 Å². The number of nitrogens with zero attached hydrogens (tertiary/aromatic N) is 3. The topological polar surface area (TPSA) is 38.1 Å². The van der Waals surface area contributed by atoms with Gasteiger partial charge in [0.1, 0.15) is 4.99 Å². The van der Waals surface area contributed by atoms with Crippen molar-refractivity contribution >= 4 is 40.3 Å². The summed E-state index contributed by atoms with van der Waals surface area (Å²) in [7, 11) is 0. The Balaban J connectivity index is 1.29. The lowest BCUT2D eigenvalue weighted by Gasteiger charge is -2.14. The number of hydrogen-bond donors (Lipinski definition) is 0. The van der Waals surface area contributed by atoms with Crippen molar-refractivity contribution in [1.82, 2.24) is 14.7 Å². The molecule has 1 amide bonds. The van der Waals surface area contributed by atoms with Crippen molar-refractivity contribution in [3.05, 3.63) is 137 Å². The molecular weight excluding hydrogens is 507 g/mol. The molecule has 184 valence electrons. The Labute approximate surface area is 231 Å². The van der Waals surface area contributed by atoms with E-state index in [0.29, 0.717) is 11.5 Å². The summed E-state index contributed by atoms with van der Waals surface area (Å²) in [6.07, 6.45) is 1.98. The van der Waals surface area contributed by atoms with Crippen LogP contribution in [0.1, 0.15) is 11.1 Å². The summed E-state index contributed by atoms with van der Waals surface area (Å²) >= 11 is 6.85. The number of carbonyl (C=O) groups is 1. The van der Waals surface area contributed by atoms with Crippen molar-refractivity contribution in [2.45, 2.75) is 6.54 Å². The molecule has 0 N–H and O–H groups in total. The van der Waals surface area contributed by atoms with Crippen molar-refractivity contribution < 1.29 is 4.79 Å². The van der Waals surface area contributed by atoms with Crippen molar-refractivity contribution in [2.75, 3.05) is 0 Å². The number of hydrogen-bond acceptors (Lipinski definition) is 4. The van der Waals surface area contributed by atoms with Crippen LogP contribution in [-0.2, 0) is 6.54 Å². The molecule has 4 nitrogen and oxygen atoms in total. The third kappa shape index (κ3) is 4.96. The highest BCUT2D eigenvalue weighted by molar-refractivity contribution is 8.19. The lowest BCUT2D eigenvalue weighted by molar-refractivity contribution is 0.244. The monoisotopic (exact) mass is 529 g/mol. The molecule has 0 aliphatic carbocycles. The van der Waals surface area contributed by atoms with Gasteiger partial charge in [0.2, 0.25) is 0 Å². The Kier molecular flexibility index (Phi) is 6.73. The molecule has 4 aromatic carbocycles. The first-order valence-electron chi connectivity index (χ1n) is 12.3. The molecule has 1 fully saturated rings. The van der Waals surface area contributed by atoms with E-state index in [1.807, 2.05) is 102 Å². The van der Waals surface area contributed by atoms with Gasteiger partial charge in [-0.1, -0.05) is 115 Å². The predicted molar refractivity (Wildman–Crippen MR) is 160 cm³/mol.